The summed E-state index contributed by atoms with van der Waals surface area (Å²) in [5, 5.41) is 6.94. The zero-order valence-electron chi connectivity index (χ0n) is 17.5. The van der Waals surface area contributed by atoms with E-state index in [1.165, 1.54) is 12.1 Å². The molecule has 3 aromatic rings. The van der Waals surface area contributed by atoms with Gasteiger partial charge in [-0.1, -0.05) is 11.2 Å². The van der Waals surface area contributed by atoms with E-state index < -0.39 is 11.6 Å². The first-order valence-corrected chi connectivity index (χ1v) is 10.6. The zero-order chi connectivity index (χ0) is 22.3. The third kappa shape index (κ3) is 5.70. The monoisotopic (exact) mass is 442 g/mol. The van der Waals surface area contributed by atoms with Crippen LogP contribution in [0, 0.1) is 11.6 Å². The summed E-state index contributed by atoms with van der Waals surface area (Å²) in [4.78, 5) is 26.9. The van der Waals surface area contributed by atoms with Crippen molar-refractivity contribution in [2.45, 2.75) is 38.1 Å². The highest BCUT2D eigenvalue weighted by atomic mass is 19.1. The van der Waals surface area contributed by atoms with Crippen LogP contribution in [-0.2, 0) is 11.3 Å². The van der Waals surface area contributed by atoms with Gasteiger partial charge in [-0.05, 0) is 31.9 Å². The summed E-state index contributed by atoms with van der Waals surface area (Å²) in [5.41, 5.74) is 0.934. The maximum Gasteiger partial charge on any atom is 0.230 e. The molecule has 8 nitrogen and oxygen atoms in total. The van der Waals surface area contributed by atoms with Crippen molar-refractivity contribution in [2.75, 3.05) is 19.6 Å². The molecule has 0 spiro atoms. The number of nitrogens with zero attached hydrogens (tertiary/aromatic N) is 5. The Labute approximate surface area is 184 Å². The molecule has 1 aliphatic rings. The first-order valence-electron chi connectivity index (χ1n) is 10.6. The lowest BCUT2D eigenvalue weighted by atomic mass is 9.99. The Morgan fingerprint density at radius 2 is 2.09 bits per heavy atom. The lowest BCUT2D eigenvalue weighted by Crippen LogP contribution is -2.31. The smallest absolute Gasteiger partial charge is 0.230 e. The summed E-state index contributed by atoms with van der Waals surface area (Å²) < 4.78 is 32.8. The molecule has 1 amide bonds. The number of carbonyl (C=O) groups excluding carboxylic acids is 1. The molecule has 1 aromatic carbocycles. The molecule has 0 radical (unpaired) electrons. The molecule has 1 fully saturated rings. The summed E-state index contributed by atoms with van der Waals surface area (Å²) in [7, 11) is 0. The van der Waals surface area contributed by atoms with Gasteiger partial charge in [0.25, 0.3) is 0 Å². The summed E-state index contributed by atoms with van der Waals surface area (Å²) >= 11 is 0. The fourth-order valence-electron chi connectivity index (χ4n) is 3.77. The van der Waals surface area contributed by atoms with Crippen molar-refractivity contribution < 1.29 is 18.1 Å². The molecule has 1 aliphatic heterocycles. The zero-order valence-corrected chi connectivity index (χ0v) is 17.5. The van der Waals surface area contributed by atoms with Crippen LogP contribution >= 0.6 is 0 Å². The maximum atomic E-state index is 14.1. The molecular formula is C22H24F2N6O2. The van der Waals surface area contributed by atoms with Gasteiger partial charge in [0.2, 0.25) is 17.6 Å². The molecule has 168 valence electrons. The van der Waals surface area contributed by atoms with E-state index in [0.29, 0.717) is 62.0 Å². The van der Waals surface area contributed by atoms with Crippen LogP contribution in [0.2, 0.25) is 0 Å². The van der Waals surface area contributed by atoms with Gasteiger partial charge in [0.15, 0.2) is 0 Å². The minimum absolute atomic E-state index is 0.0317. The largest absolute Gasteiger partial charge is 0.356 e. The van der Waals surface area contributed by atoms with Crippen LogP contribution in [0.1, 0.15) is 43.1 Å². The molecule has 0 aliphatic carbocycles. The fraction of sp³-hybridized carbons (Fsp3) is 0.409. The van der Waals surface area contributed by atoms with Crippen molar-refractivity contribution in [3.8, 4) is 11.5 Å². The normalized spacial score (nSPS) is 18.7. The van der Waals surface area contributed by atoms with Crippen molar-refractivity contribution in [1.82, 2.24) is 30.3 Å². The molecule has 1 N–H and O–H groups in total. The minimum Gasteiger partial charge on any atom is -0.356 e. The number of amides is 1. The fourth-order valence-corrected chi connectivity index (χ4v) is 3.77. The van der Waals surface area contributed by atoms with Gasteiger partial charge in [0, 0.05) is 56.0 Å². The lowest BCUT2D eigenvalue weighted by Gasteiger charge is -2.22. The third-order valence-corrected chi connectivity index (χ3v) is 5.49. The van der Waals surface area contributed by atoms with Gasteiger partial charge in [-0.25, -0.2) is 13.8 Å². The molecule has 3 heterocycles. The van der Waals surface area contributed by atoms with Crippen molar-refractivity contribution in [2.24, 2.45) is 0 Å². The van der Waals surface area contributed by atoms with Crippen molar-refractivity contribution in [1.29, 1.82) is 0 Å². The first kappa shape index (κ1) is 21.9. The standard InChI is InChI=1S/C22H24F2N6O2/c23-17-4-3-16(18(24)12-17)14-30-10-1-2-15(5-7-27-20(31)6-11-30)22-28-21(29-32-22)19-13-25-8-9-26-19/h3-4,8-9,12-13,15H,1-2,5-7,10-11,14H2,(H,27,31). The van der Waals surface area contributed by atoms with Gasteiger partial charge in [-0.2, -0.15) is 4.98 Å². The predicted octanol–water partition coefficient (Wildman–Crippen LogP) is 3.08. The highest BCUT2D eigenvalue weighted by Crippen LogP contribution is 2.26. The SMILES string of the molecule is O=C1CCN(Cc2ccc(F)cc2F)CCCC(c2nc(-c3cnccn3)no2)CCN1. The van der Waals surface area contributed by atoms with Crippen molar-refractivity contribution >= 4 is 5.91 Å². The number of rotatable bonds is 4. The van der Waals surface area contributed by atoms with Crippen LogP contribution in [0.25, 0.3) is 11.5 Å². The quantitative estimate of drug-likeness (QED) is 0.663. The minimum atomic E-state index is -0.605. The number of carbonyl (C=O) groups is 1. The second kappa shape index (κ2) is 10.4. The molecule has 1 saturated heterocycles. The van der Waals surface area contributed by atoms with Gasteiger partial charge >= 0.3 is 0 Å². The number of hydrogen-bond donors (Lipinski definition) is 1. The Hall–Kier alpha value is -3.27. The molecule has 0 saturated carbocycles. The van der Waals surface area contributed by atoms with Gasteiger partial charge in [-0.15, -0.1) is 0 Å². The van der Waals surface area contributed by atoms with E-state index in [-0.39, 0.29) is 11.8 Å². The second-order valence-electron chi connectivity index (χ2n) is 7.79. The van der Waals surface area contributed by atoms with Crippen LogP contribution in [0.5, 0.6) is 0 Å². The average molecular weight is 442 g/mol. The lowest BCUT2D eigenvalue weighted by molar-refractivity contribution is -0.121. The summed E-state index contributed by atoms with van der Waals surface area (Å²) in [6, 6.07) is 3.58. The van der Waals surface area contributed by atoms with Crippen LogP contribution in [0.4, 0.5) is 8.78 Å². The summed E-state index contributed by atoms with van der Waals surface area (Å²) in [5.74, 6) is -0.415. The Morgan fingerprint density at radius 3 is 2.91 bits per heavy atom. The Morgan fingerprint density at radius 1 is 1.19 bits per heavy atom. The number of halogens is 2. The highest BCUT2D eigenvalue weighted by Gasteiger charge is 2.22. The Balaban J connectivity index is 1.45. The van der Waals surface area contributed by atoms with E-state index in [1.807, 2.05) is 4.90 Å². The molecule has 1 unspecified atom stereocenters. The number of hydrogen-bond acceptors (Lipinski definition) is 7. The topological polar surface area (TPSA) is 97.0 Å². The molecule has 0 bridgehead atoms. The first-order chi connectivity index (χ1) is 15.6. The maximum absolute atomic E-state index is 14.1. The van der Waals surface area contributed by atoms with Gasteiger partial charge in [0.1, 0.15) is 17.3 Å². The van der Waals surface area contributed by atoms with E-state index in [1.54, 1.807) is 18.6 Å². The van der Waals surface area contributed by atoms with E-state index >= 15 is 0 Å². The molecule has 4 rings (SSSR count). The summed E-state index contributed by atoms with van der Waals surface area (Å²) in [6.45, 7) is 1.96. The number of nitrogens with one attached hydrogen (secondary N) is 1. The van der Waals surface area contributed by atoms with E-state index in [2.05, 4.69) is 25.4 Å². The molecule has 2 aromatic heterocycles. The van der Waals surface area contributed by atoms with Gasteiger partial charge < -0.3 is 9.84 Å². The van der Waals surface area contributed by atoms with Crippen LogP contribution in [0.3, 0.4) is 0 Å². The predicted molar refractivity (Wildman–Crippen MR) is 111 cm³/mol. The van der Waals surface area contributed by atoms with Gasteiger partial charge in [-0.3, -0.25) is 14.7 Å². The van der Waals surface area contributed by atoms with Gasteiger partial charge in [0.05, 0.1) is 6.20 Å². The number of aromatic nitrogens is 4. The molecular weight excluding hydrogens is 418 g/mol. The number of benzene rings is 1. The molecule has 32 heavy (non-hydrogen) atoms. The van der Waals surface area contributed by atoms with Crippen molar-refractivity contribution in [3.05, 3.63) is 59.9 Å². The van der Waals surface area contributed by atoms with Crippen molar-refractivity contribution in [3.63, 3.8) is 0 Å². The van der Waals surface area contributed by atoms with E-state index in [9.17, 15) is 13.6 Å². The second-order valence-corrected chi connectivity index (χ2v) is 7.79. The Bertz CT molecular complexity index is 1050. The average Bonchev–Trinajstić information content (AvgIpc) is 3.27. The third-order valence-electron chi connectivity index (χ3n) is 5.49. The van der Waals surface area contributed by atoms with Crippen LogP contribution in [-0.4, -0.2) is 50.5 Å². The summed E-state index contributed by atoms with van der Waals surface area (Å²) in [6.07, 6.45) is 7.24. The van der Waals surface area contributed by atoms with Crippen LogP contribution in [0.15, 0.2) is 41.3 Å². The highest BCUT2D eigenvalue weighted by molar-refractivity contribution is 5.76. The Kier molecular flexibility index (Phi) is 7.10. The van der Waals surface area contributed by atoms with E-state index in [4.69, 9.17) is 4.52 Å². The van der Waals surface area contributed by atoms with Crippen LogP contribution < -0.4 is 5.32 Å². The molecule has 10 heteroatoms. The van der Waals surface area contributed by atoms with E-state index in [0.717, 1.165) is 18.9 Å². The molecule has 1 atom stereocenters.